The molecule has 4 nitrogen and oxygen atoms in total. The molecule has 1 aliphatic heterocycles. The summed E-state index contributed by atoms with van der Waals surface area (Å²) in [7, 11) is 1.30. The second kappa shape index (κ2) is 2.62. The second-order valence-corrected chi connectivity index (χ2v) is 1.73. The Labute approximate surface area is 57.4 Å². The number of ketones is 2. The van der Waals surface area contributed by atoms with Gasteiger partial charge in [0.1, 0.15) is 0 Å². The average molecular weight is 142 g/mol. The summed E-state index contributed by atoms with van der Waals surface area (Å²) in [6, 6.07) is 0. The summed E-state index contributed by atoms with van der Waals surface area (Å²) in [6.45, 7) is 0. The fourth-order valence-electron chi connectivity index (χ4n) is 0.595. The van der Waals surface area contributed by atoms with Crippen molar-refractivity contribution in [2.24, 2.45) is 0 Å². The van der Waals surface area contributed by atoms with E-state index in [0.717, 1.165) is 12.3 Å². The highest BCUT2D eigenvalue weighted by Crippen LogP contribution is 2.03. The third kappa shape index (κ3) is 1.06. The van der Waals surface area contributed by atoms with Crippen LogP contribution in [-0.2, 0) is 19.1 Å². The topological polar surface area (TPSA) is 52.6 Å². The van der Waals surface area contributed by atoms with E-state index in [1.807, 2.05) is 0 Å². The number of hydrogen-bond donors (Lipinski definition) is 0. The minimum absolute atomic E-state index is 0.585. The van der Waals surface area contributed by atoms with Gasteiger partial charge in [-0.2, -0.15) is 0 Å². The number of ether oxygens (including phenoxy) is 2. The summed E-state index contributed by atoms with van der Waals surface area (Å²) >= 11 is 0. The first kappa shape index (κ1) is 6.95. The van der Waals surface area contributed by atoms with Gasteiger partial charge >= 0.3 is 0 Å². The smallest absolute Gasteiger partial charge is 0.270 e. The maximum absolute atomic E-state index is 10.7. The van der Waals surface area contributed by atoms with Crippen molar-refractivity contribution >= 4 is 11.6 Å². The average Bonchev–Trinajstić information content (AvgIpc) is 1.95. The van der Waals surface area contributed by atoms with Gasteiger partial charge in [0.05, 0.1) is 6.26 Å². The molecular weight excluding hydrogens is 136 g/mol. The van der Waals surface area contributed by atoms with Crippen molar-refractivity contribution in [2.75, 3.05) is 7.11 Å². The predicted octanol–water partition coefficient (Wildman–Crippen LogP) is -0.359. The van der Waals surface area contributed by atoms with Gasteiger partial charge in [-0.15, -0.1) is 0 Å². The van der Waals surface area contributed by atoms with Crippen LogP contribution in [0.2, 0.25) is 0 Å². The van der Waals surface area contributed by atoms with E-state index >= 15 is 0 Å². The van der Waals surface area contributed by atoms with Gasteiger partial charge in [-0.05, 0) is 0 Å². The molecule has 4 heteroatoms. The van der Waals surface area contributed by atoms with Crippen molar-refractivity contribution in [3.05, 3.63) is 12.3 Å². The van der Waals surface area contributed by atoms with Crippen LogP contribution in [0.15, 0.2) is 12.3 Å². The van der Waals surface area contributed by atoms with Gasteiger partial charge in [0.25, 0.3) is 12.1 Å². The molecule has 0 bridgehead atoms. The van der Waals surface area contributed by atoms with Crippen LogP contribution in [0.25, 0.3) is 0 Å². The van der Waals surface area contributed by atoms with Crippen LogP contribution in [0.5, 0.6) is 0 Å². The Bertz CT molecular complexity index is 194. The molecule has 1 heterocycles. The van der Waals surface area contributed by atoms with E-state index in [1.54, 1.807) is 0 Å². The third-order valence-corrected chi connectivity index (χ3v) is 1.09. The van der Waals surface area contributed by atoms with E-state index in [2.05, 4.69) is 9.47 Å². The molecule has 54 valence electrons. The zero-order valence-corrected chi connectivity index (χ0v) is 5.37. The highest BCUT2D eigenvalue weighted by atomic mass is 16.7. The molecule has 1 aliphatic rings. The van der Waals surface area contributed by atoms with E-state index in [4.69, 9.17) is 0 Å². The number of allylic oxidation sites excluding steroid dienone is 1. The summed E-state index contributed by atoms with van der Waals surface area (Å²) < 4.78 is 9.17. The molecular formula is C6H6O4. The lowest BCUT2D eigenvalue weighted by molar-refractivity contribution is -0.159. The molecule has 0 N–H and O–H groups in total. The molecule has 0 saturated heterocycles. The van der Waals surface area contributed by atoms with Gasteiger partial charge < -0.3 is 9.47 Å². The molecule has 0 aromatic carbocycles. The Hall–Kier alpha value is -1.16. The van der Waals surface area contributed by atoms with Crippen LogP contribution in [0.3, 0.4) is 0 Å². The molecule has 0 fully saturated rings. The highest BCUT2D eigenvalue weighted by Gasteiger charge is 2.27. The van der Waals surface area contributed by atoms with Gasteiger partial charge in [0.2, 0.25) is 5.78 Å². The van der Waals surface area contributed by atoms with E-state index in [9.17, 15) is 9.59 Å². The zero-order valence-electron chi connectivity index (χ0n) is 5.37. The maximum atomic E-state index is 10.7. The lowest BCUT2D eigenvalue weighted by Gasteiger charge is -2.14. The lowest BCUT2D eigenvalue weighted by Crippen LogP contribution is -2.33. The van der Waals surface area contributed by atoms with Crippen LogP contribution in [-0.4, -0.2) is 25.0 Å². The first-order valence-electron chi connectivity index (χ1n) is 2.68. The fraction of sp³-hybridized carbons (Fsp3) is 0.333. The normalized spacial score (nSPS) is 24.7. The Morgan fingerprint density at radius 2 is 2.30 bits per heavy atom. The second-order valence-electron chi connectivity index (χ2n) is 1.73. The van der Waals surface area contributed by atoms with E-state index in [-0.39, 0.29) is 0 Å². The first-order valence-corrected chi connectivity index (χ1v) is 2.68. The first-order chi connectivity index (χ1) is 4.75. The molecule has 0 spiro atoms. The van der Waals surface area contributed by atoms with Crippen molar-refractivity contribution < 1.29 is 19.1 Å². The number of hydrogen-bond acceptors (Lipinski definition) is 4. The SMILES string of the molecule is COC1OC=CC(=O)C1=O. The summed E-state index contributed by atoms with van der Waals surface area (Å²) in [5.41, 5.74) is 0. The minimum atomic E-state index is -1.04. The third-order valence-electron chi connectivity index (χ3n) is 1.09. The van der Waals surface area contributed by atoms with Crippen LogP contribution in [0.1, 0.15) is 0 Å². The van der Waals surface area contributed by atoms with Crippen molar-refractivity contribution in [3.8, 4) is 0 Å². The maximum Gasteiger partial charge on any atom is 0.270 e. The zero-order chi connectivity index (χ0) is 7.56. The summed E-state index contributed by atoms with van der Waals surface area (Å²) in [5.74, 6) is -1.25. The molecule has 0 radical (unpaired) electrons. The Morgan fingerprint density at radius 3 is 2.80 bits per heavy atom. The standard InChI is InChI=1S/C6H6O4/c1-9-6-5(8)4(7)2-3-10-6/h2-3,6H,1H3. The Balaban J connectivity index is 2.74. The van der Waals surface area contributed by atoms with Crippen LogP contribution in [0, 0.1) is 0 Å². The summed E-state index contributed by atoms with van der Waals surface area (Å²) in [5, 5.41) is 0. The van der Waals surface area contributed by atoms with Crippen molar-refractivity contribution in [3.63, 3.8) is 0 Å². The Kier molecular flexibility index (Phi) is 1.82. The Morgan fingerprint density at radius 1 is 1.60 bits per heavy atom. The molecule has 1 unspecified atom stereocenters. The lowest BCUT2D eigenvalue weighted by atomic mass is 10.2. The summed E-state index contributed by atoms with van der Waals surface area (Å²) in [6.07, 6.45) is 1.17. The fourth-order valence-corrected chi connectivity index (χ4v) is 0.595. The number of carbonyl (C=O) groups is 2. The van der Waals surface area contributed by atoms with Gasteiger partial charge in [-0.3, -0.25) is 9.59 Å². The molecule has 1 rings (SSSR count). The number of rotatable bonds is 1. The molecule has 0 amide bonds. The van der Waals surface area contributed by atoms with Gasteiger partial charge in [0, 0.05) is 13.2 Å². The molecule has 0 aromatic rings. The van der Waals surface area contributed by atoms with Gasteiger partial charge in [-0.25, -0.2) is 0 Å². The van der Waals surface area contributed by atoms with Gasteiger partial charge in [-0.1, -0.05) is 0 Å². The molecule has 0 aromatic heterocycles. The largest absolute Gasteiger partial charge is 0.464 e. The molecule has 1 atom stereocenters. The van der Waals surface area contributed by atoms with E-state index in [0.29, 0.717) is 0 Å². The number of carbonyl (C=O) groups excluding carboxylic acids is 2. The van der Waals surface area contributed by atoms with Crippen molar-refractivity contribution in [2.45, 2.75) is 6.29 Å². The van der Waals surface area contributed by atoms with E-state index < -0.39 is 17.9 Å². The van der Waals surface area contributed by atoms with Crippen LogP contribution < -0.4 is 0 Å². The summed E-state index contributed by atoms with van der Waals surface area (Å²) in [4.78, 5) is 21.3. The van der Waals surface area contributed by atoms with Crippen molar-refractivity contribution in [1.29, 1.82) is 0 Å². The number of Topliss-reactive ketones (excluding diaryl/α,β-unsaturated/α-hetero) is 1. The highest BCUT2D eigenvalue weighted by molar-refractivity contribution is 6.43. The van der Waals surface area contributed by atoms with Crippen molar-refractivity contribution in [1.82, 2.24) is 0 Å². The molecule has 0 aliphatic carbocycles. The van der Waals surface area contributed by atoms with E-state index in [1.165, 1.54) is 7.11 Å². The minimum Gasteiger partial charge on any atom is -0.464 e. The monoisotopic (exact) mass is 142 g/mol. The van der Waals surface area contributed by atoms with Crippen LogP contribution >= 0.6 is 0 Å². The molecule has 10 heavy (non-hydrogen) atoms. The molecule has 0 saturated carbocycles. The van der Waals surface area contributed by atoms with Crippen LogP contribution in [0.4, 0.5) is 0 Å². The number of methoxy groups -OCH3 is 1. The van der Waals surface area contributed by atoms with Gasteiger partial charge in [0.15, 0.2) is 0 Å². The quantitative estimate of drug-likeness (QED) is 0.469. The predicted molar refractivity (Wildman–Crippen MR) is 31.0 cm³/mol.